The van der Waals surface area contributed by atoms with E-state index >= 15 is 0 Å². The summed E-state index contributed by atoms with van der Waals surface area (Å²) in [5.41, 5.74) is 1.32. The van der Waals surface area contributed by atoms with Gasteiger partial charge in [-0.1, -0.05) is 6.08 Å². The molecule has 2 aromatic rings. The number of rotatable bonds is 4. The molecule has 0 bridgehead atoms. The lowest BCUT2D eigenvalue weighted by atomic mass is 10.1. The van der Waals surface area contributed by atoms with Crippen LogP contribution in [0.25, 0.3) is 6.08 Å². The Morgan fingerprint density at radius 2 is 1.84 bits per heavy atom. The van der Waals surface area contributed by atoms with Crippen LogP contribution in [0.15, 0.2) is 36.4 Å². The van der Waals surface area contributed by atoms with Crippen LogP contribution in [0.1, 0.15) is 15.9 Å². The lowest BCUT2D eigenvalue weighted by molar-refractivity contribution is 0.104. The van der Waals surface area contributed by atoms with Crippen molar-refractivity contribution in [1.29, 1.82) is 0 Å². The third kappa shape index (κ3) is 2.98. The number of fused-ring (bicyclic) bond motifs is 2. The molecule has 0 atom stereocenters. The monoisotopic (exact) mass is 340 g/mol. The molecule has 0 saturated carbocycles. The normalized spacial score (nSPS) is 14.6. The number of allylic oxidation sites excluding steroid dienone is 1. The SMILES string of the molecule is COc1cc(/C=C/C(=O)c2ccc3c(c2)OCO3)cc2c1OCCO2. The van der Waals surface area contributed by atoms with Crippen molar-refractivity contribution in [3.8, 4) is 28.7 Å². The molecule has 0 spiro atoms. The fourth-order valence-electron chi connectivity index (χ4n) is 2.71. The first kappa shape index (κ1) is 15.4. The minimum atomic E-state index is -0.132. The molecule has 2 aliphatic rings. The summed E-state index contributed by atoms with van der Waals surface area (Å²) in [7, 11) is 1.57. The standard InChI is InChI=1S/C19H16O6/c1-21-17-8-12(9-18-19(17)23-7-6-22-18)2-4-14(20)13-3-5-15-16(10-13)25-11-24-15/h2-5,8-10H,6-7,11H2,1H3/b4-2+. The van der Waals surface area contributed by atoms with E-state index in [1.54, 1.807) is 37.5 Å². The van der Waals surface area contributed by atoms with Crippen molar-refractivity contribution < 1.29 is 28.5 Å². The Morgan fingerprint density at radius 3 is 2.72 bits per heavy atom. The molecule has 6 heteroatoms. The van der Waals surface area contributed by atoms with Crippen LogP contribution >= 0.6 is 0 Å². The number of hydrogen-bond donors (Lipinski definition) is 0. The van der Waals surface area contributed by atoms with E-state index in [1.165, 1.54) is 6.08 Å². The van der Waals surface area contributed by atoms with Gasteiger partial charge in [0.25, 0.3) is 0 Å². The summed E-state index contributed by atoms with van der Waals surface area (Å²) in [5.74, 6) is 2.88. The van der Waals surface area contributed by atoms with E-state index in [1.807, 2.05) is 6.07 Å². The van der Waals surface area contributed by atoms with Crippen molar-refractivity contribution >= 4 is 11.9 Å². The van der Waals surface area contributed by atoms with E-state index in [0.717, 1.165) is 5.56 Å². The summed E-state index contributed by atoms with van der Waals surface area (Å²) in [6, 6.07) is 8.75. The lowest BCUT2D eigenvalue weighted by Gasteiger charge is -2.20. The van der Waals surface area contributed by atoms with Crippen molar-refractivity contribution in [2.75, 3.05) is 27.1 Å². The second-order valence-electron chi connectivity index (χ2n) is 5.51. The van der Waals surface area contributed by atoms with E-state index in [-0.39, 0.29) is 12.6 Å². The minimum Gasteiger partial charge on any atom is -0.493 e. The van der Waals surface area contributed by atoms with Crippen molar-refractivity contribution in [2.45, 2.75) is 0 Å². The van der Waals surface area contributed by atoms with E-state index in [2.05, 4.69) is 0 Å². The van der Waals surface area contributed by atoms with Gasteiger partial charge in [-0.25, -0.2) is 0 Å². The first-order valence-corrected chi connectivity index (χ1v) is 7.84. The average molecular weight is 340 g/mol. The maximum absolute atomic E-state index is 12.4. The maximum Gasteiger partial charge on any atom is 0.231 e. The molecule has 128 valence electrons. The number of ether oxygens (including phenoxy) is 5. The third-order valence-electron chi connectivity index (χ3n) is 3.93. The van der Waals surface area contributed by atoms with Crippen LogP contribution in [0.2, 0.25) is 0 Å². The molecule has 6 nitrogen and oxygen atoms in total. The maximum atomic E-state index is 12.4. The van der Waals surface area contributed by atoms with Gasteiger partial charge < -0.3 is 23.7 Å². The van der Waals surface area contributed by atoms with Crippen LogP contribution in [-0.4, -0.2) is 32.9 Å². The highest BCUT2D eigenvalue weighted by molar-refractivity contribution is 6.07. The topological polar surface area (TPSA) is 63.2 Å². The van der Waals surface area contributed by atoms with Gasteiger partial charge in [-0.05, 0) is 42.0 Å². The summed E-state index contributed by atoms with van der Waals surface area (Å²) < 4.78 is 27.1. The van der Waals surface area contributed by atoms with Gasteiger partial charge in [0.2, 0.25) is 12.5 Å². The first-order chi connectivity index (χ1) is 12.2. The van der Waals surface area contributed by atoms with Gasteiger partial charge in [0, 0.05) is 5.56 Å². The predicted molar refractivity (Wildman–Crippen MR) is 89.9 cm³/mol. The van der Waals surface area contributed by atoms with Crippen LogP contribution < -0.4 is 23.7 Å². The van der Waals surface area contributed by atoms with Crippen molar-refractivity contribution in [3.05, 3.63) is 47.5 Å². The Kier molecular flexibility index (Phi) is 3.93. The fourth-order valence-corrected chi connectivity index (χ4v) is 2.71. The predicted octanol–water partition coefficient (Wildman–Crippen LogP) is 3.09. The highest BCUT2D eigenvalue weighted by Crippen LogP contribution is 2.40. The van der Waals surface area contributed by atoms with E-state index in [9.17, 15) is 4.79 Å². The zero-order valence-corrected chi connectivity index (χ0v) is 13.6. The molecule has 2 heterocycles. The molecule has 4 rings (SSSR count). The lowest BCUT2D eigenvalue weighted by Crippen LogP contribution is -2.16. The first-order valence-electron chi connectivity index (χ1n) is 7.84. The van der Waals surface area contributed by atoms with Crippen LogP contribution in [0.4, 0.5) is 0 Å². The number of benzene rings is 2. The number of carbonyl (C=O) groups excluding carboxylic acids is 1. The molecule has 25 heavy (non-hydrogen) atoms. The summed E-state index contributed by atoms with van der Waals surface area (Å²) in [4.78, 5) is 12.4. The Hall–Kier alpha value is -3.15. The minimum absolute atomic E-state index is 0.132. The molecule has 0 aliphatic carbocycles. The second kappa shape index (κ2) is 6.39. The van der Waals surface area contributed by atoms with Crippen LogP contribution in [0.5, 0.6) is 28.7 Å². The second-order valence-corrected chi connectivity index (χ2v) is 5.51. The van der Waals surface area contributed by atoms with Crippen molar-refractivity contribution in [2.24, 2.45) is 0 Å². The zero-order valence-electron chi connectivity index (χ0n) is 13.6. The van der Waals surface area contributed by atoms with Crippen LogP contribution in [0.3, 0.4) is 0 Å². The fraction of sp³-hybridized carbons (Fsp3) is 0.211. The smallest absolute Gasteiger partial charge is 0.231 e. The van der Waals surface area contributed by atoms with E-state index < -0.39 is 0 Å². The molecular formula is C19H16O6. The number of carbonyl (C=O) groups is 1. The molecule has 0 unspecified atom stereocenters. The van der Waals surface area contributed by atoms with E-state index in [4.69, 9.17) is 23.7 Å². The molecule has 0 fully saturated rings. The number of hydrogen-bond acceptors (Lipinski definition) is 6. The molecule has 0 N–H and O–H groups in total. The number of methoxy groups -OCH3 is 1. The van der Waals surface area contributed by atoms with Gasteiger partial charge in [-0.2, -0.15) is 0 Å². The molecular weight excluding hydrogens is 324 g/mol. The summed E-state index contributed by atoms with van der Waals surface area (Å²) in [5, 5.41) is 0. The number of ketones is 1. The van der Waals surface area contributed by atoms with Crippen molar-refractivity contribution in [1.82, 2.24) is 0 Å². The van der Waals surface area contributed by atoms with Gasteiger partial charge in [0.05, 0.1) is 7.11 Å². The Balaban J connectivity index is 1.58. The molecule has 0 aromatic heterocycles. The highest BCUT2D eigenvalue weighted by Gasteiger charge is 2.18. The van der Waals surface area contributed by atoms with Gasteiger partial charge >= 0.3 is 0 Å². The zero-order chi connectivity index (χ0) is 17.2. The van der Waals surface area contributed by atoms with E-state index in [0.29, 0.717) is 47.5 Å². The quantitative estimate of drug-likeness (QED) is 0.629. The van der Waals surface area contributed by atoms with Crippen LogP contribution in [0, 0.1) is 0 Å². The summed E-state index contributed by atoms with van der Waals surface area (Å²) in [6.07, 6.45) is 3.22. The molecule has 0 saturated heterocycles. The molecule has 0 radical (unpaired) electrons. The Labute approximate surface area is 144 Å². The Bertz CT molecular complexity index is 838. The highest BCUT2D eigenvalue weighted by atomic mass is 16.7. The summed E-state index contributed by atoms with van der Waals surface area (Å²) >= 11 is 0. The van der Waals surface area contributed by atoms with Gasteiger partial charge in [-0.3, -0.25) is 4.79 Å². The molecule has 2 aliphatic heterocycles. The molecule has 2 aromatic carbocycles. The van der Waals surface area contributed by atoms with Crippen LogP contribution in [-0.2, 0) is 0 Å². The molecule has 0 amide bonds. The van der Waals surface area contributed by atoms with Gasteiger partial charge in [0.1, 0.15) is 13.2 Å². The van der Waals surface area contributed by atoms with Crippen molar-refractivity contribution in [3.63, 3.8) is 0 Å². The third-order valence-corrected chi connectivity index (χ3v) is 3.93. The average Bonchev–Trinajstić information content (AvgIpc) is 3.13. The van der Waals surface area contributed by atoms with Gasteiger partial charge in [0.15, 0.2) is 28.8 Å². The van der Waals surface area contributed by atoms with Gasteiger partial charge in [-0.15, -0.1) is 0 Å². The Morgan fingerprint density at radius 1 is 1.00 bits per heavy atom. The summed E-state index contributed by atoms with van der Waals surface area (Å²) in [6.45, 7) is 1.15. The largest absolute Gasteiger partial charge is 0.493 e.